The lowest BCUT2D eigenvalue weighted by Crippen LogP contribution is -2.52. The summed E-state index contributed by atoms with van der Waals surface area (Å²) >= 11 is 6.75. The van der Waals surface area contributed by atoms with Gasteiger partial charge in [0, 0.05) is 90.8 Å². The number of carbonyl (C=O) groups excluding carboxylic acids is 2. The largest absolute Gasteiger partial charge is 0.508 e. The number of ether oxygens (including phenoxy) is 1. The predicted molar refractivity (Wildman–Crippen MR) is 224 cm³/mol. The molecule has 0 saturated carbocycles. The van der Waals surface area contributed by atoms with Gasteiger partial charge in [-0.15, -0.1) is 12.4 Å². The molecule has 9 nitrogen and oxygen atoms in total. The van der Waals surface area contributed by atoms with E-state index in [1.807, 2.05) is 83.4 Å². The number of morpholine rings is 1. The van der Waals surface area contributed by atoms with Crippen LogP contribution in [0.2, 0.25) is 5.02 Å². The van der Waals surface area contributed by atoms with Crippen molar-refractivity contribution in [3.8, 4) is 17.0 Å². The van der Waals surface area contributed by atoms with Crippen LogP contribution in [0, 0.1) is 0 Å². The van der Waals surface area contributed by atoms with Crippen LogP contribution in [0.1, 0.15) is 50.4 Å². The van der Waals surface area contributed by atoms with E-state index in [-0.39, 0.29) is 36.0 Å². The summed E-state index contributed by atoms with van der Waals surface area (Å²) in [5.74, 6) is -0.0540. The number of fused-ring (bicyclic) bond motifs is 3. The molecular weight excluding hydrogens is 745 g/mol. The number of phenols is 1. The van der Waals surface area contributed by atoms with Crippen molar-refractivity contribution in [2.45, 2.75) is 44.8 Å². The number of rotatable bonds is 7. The molecule has 1 atom stereocenters. The molecule has 288 valence electrons. The maximum atomic E-state index is 15.1. The van der Waals surface area contributed by atoms with Gasteiger partial charge in [-0.25, -0.2) is 0 Å². The van der Waals surface area contributed by atoms with Crippen molar-refractivity contribution >= 4 is 58.1 Å². The van der Waals surface area contributed by atoms with E-state index in [9.17, 15) is 5.11 Å². The van der Waals surface area contributed by atoms with Crippen molar-refractivity contribution in [3.63, 3.8) is 0 Å². The van der Waals surface area contributed by atoms with Gasteiger partial charge in [0.15, 0.2) is 0 Å². The second kappa shape index (κ2) is 15.8. The second-order valence-electron chi connectivity index (χ2n) is 15.0. The maximum absolute atomic E-state index is 15.1. The summed E-state index contributed by atoms with van der Waals surface area (Å²) in [6, 6.07) is 30.6. The van der Waals surface area contributed by atoms with E-state index in [1.54, 1.807) is 29.2 Å². The van der Waals surface area contributed by atoms with Crippen LogP contribution in [-0.2, 0) is 37.7 Å². The summed E-state index contributed by atoms with van der Waals surface area (Å²) in [5, 5.41) is 12.0. The van der Waals surface area contributed by atoms with Crippen molar-refractivity contribution in [3.05, 3.63) is 136 Å². The third-order valence-electron chi connectivity index (χ3n) is 11.6. The molecule has 1 fully saturated rings. The molecule has 5 heterocycles. The van der Waals surface area contributed by atoms with Crippen molar-refractivity contribution < 1.29 is 19.4 Å². The normalized spacial score (nSPS) is 16.9. The molecule has 2 aromatic heterocycles. The van der Waals surface area contributed by atoms with Crippen LogP contribution in [-0.4, -0.2) is 74.7 Å². The van der Waals surface area contributed by atoms with Gasteiger partial charge in [-0.3, -0.25) is 19.4 Å². The fourth-order valence-electron chi connectivity index (χ4n) is 8.75. The Kier molecular flexibility index (Phi) is 10.7. The lowest BCUT2D eigenvalue weighted by atomic mass is 9.92. The van der Waals surface area contributed by atoms with Gasteiger partial charge in [-0.2, -0.15) is 0 Å². The second-order valence-corrected chi connectivity index (χ2v) is 15.4. The number of anilines is 2. The summed E-state index contributed by atoms with van der Waals surface area (Å²) < 4.78 is 9.95. The monoisotopic (exact) mass is 789 g/mol. The first-order valence-corrected chi connectivity index (χ1v) is 19.6. The number of benzene rings is 4. The minimum absolute atomic E-state index is 0. The van der Waals surface area contributed by atoms with Gasteiger partial charge in [0.2, 0.25) is 0 Å². The van der Waals surface area contributed by atoms with Crippen LogP contribution >= 0.6 is 24.0 Å². The van der Waals surface area contributed by atoms with Crippen molar-refractivity contribution in [1.29, 1.82) is 0 Å². The molecule has 0 radical (unpaired) electrons. The zero-order chi connectivity index (χ0) is 37.6. The molecule has 3 aliphatic heterocycles. The highest BCUT2D eigenvalue weighted by Crippen LogP contribution is 2.38. The lowest BCUT2D eigenvalue weighted by molar-refractivity contribution is 0.0193. The van der Waals surface area contributed by atoms with Gasteiger partial charge in [-0.1, -0.05) is 48.0 Å². The molecule has 2 amide bonds. The van der Waals surface area contributed by atoms with Crippen LogP contribution < -0.4 is 4.90 Å². The van der Waals surface area contributed by atoms with E-state index in [0.717, 1.165) is 95.1 Å². The Morgan fingerprint density at radius 3 is 2.48 bits per heavy atom. The zero-order valence-electron chi connectivity index (χ0n) is 31.4. The van der Waals surface area contributed by atoms with Crippen molar-refractivity contribution in [1.82, 2.24) is 18.9 Å². The first-order valence-electron chi connectivity index (χ1n) is 19.2. The zero-order valence-corrected chi connectivity index (χ0v) is 32.9. The van der Waals surface area contributed by atoms with Gasteiger partial charge in [-0.05, 0) is 103 Å². The molecule has 0 aliphatic carbocycles. The van der Waals surface area contributed by atoms with Gasteiger partial charge >= 0.3 is 0 Å². The maximum Gasteiger partial charge on any atom is 0.264 e. The van der Waals surface area contributed by atoms with Crippen molar-refractivity contribution in [2.24, 2.45) is 7.05 Å². The molecule has 0 bridgehead atoms. The number of phenolic OH excluding ortho intramolecular Hbond substituents is 1. The highest BCUT2D eigenvalue weighted by molar-refractivity contribution is 6.31. The molecule has 1 saturated heterocycles. The number of nitrogens with zero attached hydrogens (tertiary/aromatic N) is 5. The Labute approximate surface area is 338 Å². The minimum Gasteiger partial charge on any atom is -0.508 e. The van der Waals surface area contributed by atoms with E-state index in [1.165, 1.54) is 0 Å². The number of amides is 2. The van der Waals surface area contributed by atoms with Crippen LogP contribution in [0.5, 0.6) is 5.75 Å². The summed E-state index contributed by atoms with van der Waals surface area (Å²) in [7, 11) is 2.00. The molecule has 0 spiro atoms. The van der Waals surface area contributed by atoms with E-state index in [4.69, 9.17) is 16.3 Å². The summed E-state index contributed by atoms with van der Waals surface area (Å²) in [5.41, 5.74) is 8.49. The fraction of sp³-hybridized carbons (Fsp3) is 0.289. The van der Waals surface area contributed by atoms with E-state index < -0.39 is 0 Å². The average molecular weight is 791 g/mol. The average Bonchev–Trinajstić information content (AvgIpc) is 3.79. The van der Waals surface area contributed by atoms with Gasteiger partial charge in [0.25, 0.3) is 11.8 Å². The number of halogens is 2. The standard InChI is InChI=1S/C45H44ClN5O4.ClH/c1-47-20-18-30-12-13-33(26-42(30)47)51(32-14-16-35(52)17-15-32)45(54)39-27-43(49-19-5-4-11-41(39)49)36-8-2-3-9-37(36)44(53)50-28-31-7-6-10-40(46)38(31)25-34(50)29-48-21-23-55-24-22-48;/h2-3,6-10,12-18,20,26-27,34,52H,4-5,11,19,21-25,28-29H2,1H3;1H/t34-;/m0./s1. The first kappa shape index (κ1) is 37.8. The molecular formula is C45H45Cl2N5O4. The number of carbonyl (C=O) groups is 2. The third-order valence-corrected chi connectivity index (χ3v) is 12.0. The summed E-state index contributed by atoms with van der Waals surface area (Å²) in [6.07, 6.45) is 5.40. The SMILES string of the molecule is Cl.Cn1ccc2ccc(N(C(=O)c3cc(-c4ccccc4C(=O)N4Cc5cccc(Cl)c5C[C@H]4CN4CCOCC4)n4c3CCCC4)c3ccc(O)cc3)cc21. The molecule has 9 rings (SSSR count). The van der Waals surface area contributed by atoms with Crippen LogP contribution in [0.4, 0.5) is 11.4 Å². The summed E-state index contributed by atoms with van der Waals surface area (Å²) in [4.78, 5) is 36.3. The van der Waals surface area contributed by atoms with Crippen molar-refractivity contribution in [2.75, 3.05) is 37.7 Å². The summed E-state index contributed by atoms with van der Waals surface area (Å²) in [6.45, 7) is 5.00. The minimum atomic E-state index is -0.157. The van der Waals surface area contributed by atoms with Crippen LogP contribution in [0.25, 0.3) is 22.2 Å². The highest BCUT2D eigenvalue weighted by atomic mass is 35.5. The Morgan fingerprint density at radius 2 is 1.66 bits per heavy atom. The first-order chi connectivity index (χ1) is 26.8. The Balaban J connectivity index is 0.00000441. The number of aromatic nitrogens is 2. The van der Waals surface area contributed by atoms with Gasteiger partial charge < -0.3 is 23.9 Å². The lowest BCUT2D eigenvalue weighted by Gasteiger charge is -2.41. The fourth-order valence-corrected chi connectivity index (χ4v) is 9.02. The molecule has 0 unspecified atom stereocenters. The number of aromatic hydroxyl groups is 1. The van der Waals surface area contributed by atoms with E-state index in [2.05, 4.69) is 21.6 Å². The van der Waals surface area contributed by atoms with Gasteiger partial charge in [0.05, 0.1) is 24.5 Å². The Bertz CT molecular complexity index is 2420. The smallest absolute Gasteiger partial charge is 0.264 e. The topological polar surface area (TPSA) is 83.2 Å². The van der Waals surface area contributed by atoms with Gasteiger partial charge in [0.1, 0.15) is 5.75 Å². The molecule has 1 N–H and O–H groups in total. The highest BCUT2D eigenvalue weighted by Gasteiger charge is 2.35. The Morgan fingerprint density at radius 1 is 0.875 bits per heavy atom. The molecule has 56 heavy (non-hydrogen) atoms. The van der Waals surface area contributed by atoms with E-state index in [0.29, 0.717) is 43.0 Å². The third kappa shape index (κ3) is 6.98. The van der Waals surface area contributed by atoms with Crippen LogP contribution in [0.3, 0.4) is 0 Å². The quantitative estimate of drug-likeness (QED) is 0.175. The molecule has 4 aromatic carbocycles. The molecule has 11 heteroatoms. The predicted octanol–water partition coefficient (Wildman–Crippen LogP) is 8.64. The number of hydrogen-bond acceptors (Lipinski definition) is 5. The number of hydrogen-bond donors (Lipinski definition) is 1. The van der Waals surface area contributed by atoms with Crippen LogP contribution in [0.15, 0.2) is 103 Å². The molecule has 6 aromatic rings. The molecule has 3 aliphatic rings. The van der Waals surface area contributed by atoms with E-state index >= 15 is 9.59 Å². The number of aryl methyl sites for hydroxylation is 1. The Hall–Kier alpha value is -5.06.